The van der Waals surface area contributed by atoms with Crippen LogP contribution in [0.1, 0.15) is 5.56 Å². The Bertz CT molecular complexity index is 581. The summed E-state index contributed by atoms with van der Waals surface area (Å²) in [6.45, 7) is 0.312. The van der Waals surface area contributed by atoms with Crippen LogP contribution in [0, 0.1) is 11.8 Å². The first-order valence-corrected chi connectivity index (χ1v) is 8.04. The quantitative estimate of drug-likeness (QED) is 0.725. The Balaban J connectivity index is 2.43. The summed E-state index contributed by atoms with van der Waals surface area (Å²) in [6, 6.07) is 9.61. The predicted octanol–water partition coefficient (Wildman–Crippen LogP) is 1.47. The molecule has 138 valence electrons. The van der Waals surface area contributed by atoms with E-state index in [9.17, 15) is 0 Å². The van der Waals surface area contributed by atoms with Crippen LogP contribution in [0.15, 0.2) is 30.3 Å². The third kappa shape index (κ3) is 4.21. The fraction of sp³-hybridized carbons (Fsp3) is 0.579. The molecule has 1 aliphatic heterocycles. The normalized spacial score (nSPS) is 32.0. The van der Waals surface area contributed by atoms with E-state index in [1.807, 2.05) is 30.3 Å². The highest BCUT2D eigenvalue weighted by Gasteiger charge is 2.56. The Kier molecular flexibility index (Phi) is 7.38. The smallest absolute Gasteiger partial charge is 0.264 e. The van der Waals surface area contributed by atoms with Gasteiger partial charge < -0.3 is 28.4 Å². The zero-order valence-electron chi connectivity index (χ0n) is 15.4. The fourth-order valence-electron chi connectivity index (χ4n) is 3.08. The molecule has 0 spiro atoms. The molecule has 25 heavy (non-hydrogen) atoms. The first-order valence-electron chi connectivity index (χ1n) is 8.04. The minimum absolute atomic E-state index is 0.312. The van der Waals surface area contributed by atoms with Gasteiger partial charge in [0.25, 0.3) is 5.79 Å². The molecule has 1 aromatic carbocycles. The molecule has 0 amide bonds. The second-order valence-corrected chi connectivity index (χ2v) is 5.66. The van der Waals surface area contributed by atoms with E-state index in [2.05, 4.69) is 11.8 Å². The highest BCUT2D eigenvalue weighted by Crippen LogP contribution is 2.35. The number of hydrogen-bond acceptors (Lipinski definition) is 6. The van der Waals surface area contributed by atoms with Gasteiger partial charge in [-0.2, -0.15) is 0 Å². The van der Waals surface area contributed by atoms with Crippen LogP contribution in [0.5, 0.6) is 0 Å². The highest BCUT2D eigenvalue weighted by atomic mass is 16.7. The summed E-state index contributed by atoms with van der Waals surface area (Å²) in [7, 11) is 7.91. The van der Waals surface area contributed by atoms with Gasteiger partial charge in [0.05, 0.1) is 6.61 Å². The molecular weight excluding hydrogens is 324 g/mol. The lowest BCUT2D eigenvalue weighted by atomic mass is 9.91. The lowest BCUT2D eigenvalue weighted by Gasteiger charge is -2.48. The van der Waals surface area contributed by atoms with Crippen molar-refractivity contribution in [1.29, 1.82) is 0 Å². The molecule has 0 saturated carbocycles. The molecule has 0 aromatic heterocycles. The topological polar surface area (TPSA) is 55.4 Å². The maximum absolute atomic E-state index is 6.17. The molecule has 0 aliphatic carbocycles. The maximum Gasteiger partial charge on any atom is 0.264 e. The lowest BCUT2D eigenvalue weighted by Crippen LogP contribution is -2.67. The van der Waals surface area contributed by atoms with Crippen LogP contribution in [0.25, 0.3) is 0 Å². The van der Waals surface area contributed by atoms with Crippen molar-refractivity contribution in [3.05, 3.63) is 35.9 Å². The van der Waals surface area contributed by atoms with Gasteiger partial charge in [-0.05, 0) is 18.1 Å². The number of benzene rings is 1. The molecule has 2 rings (SSSR count). The molecule has 1 fully saturated rings. The molecule has 6 heteroatoms. The predicted molar refractivity (Wildman–Crippen MR) is 92.2 cm³/mol. The lowest BCUT2D eigenvalue weighted by molar-refractivity contribution is -0.341. The van der Waals surface area contributed by atoms with E-state index in [-0.39, 0.29) is 6.10 Å². The molecule has 0 bridgehead atoms. The third-order valence-corrected chi connectivity index (χ3v) is 4.28. The van der Waals surface area contributed by atoms with Crippen LogP contribution in [-0.2, 0) is 28.4 Å². The first kappa shape index (κ1) is 19.9. The van der Waals surface area contributed by atoms with E-state index in [1.54, 1.807) is 28.4 Å². The summed E-state index contributed by atoms with van der Waals surface area (Å²) in [6.07, 6.45) is -1.83. The first-order chi connectivity index (χ1) is 12.2. The van der Waals surface area contributed by atoms with E-state index in [1.165, 1.54) is 7.11 Å². The van der Waals surface area contributed by atoms with Crippen molar-refractivity contribution in [2.75, 3.05) is 42.2 Å². The SMILES string of the molecule is COC[C@H]1O[C@](C#Cc2ccccc2)(OC)[C@H](OC)[C@@H](OC)[C@@H]1OC. The van der Waals surface area contributed by atoms with Gasteiger partial charge in [0.1, 0.15) is 18.3 Å². The molecule has 0 unspecified atom stereocenters. The summed E-state index contributed by atoms with van der Waals surface area (Å²) in [4.78, 5) is 0. The molecular formula is C19H26O6. The molecule has 1 aliphatic rings. The van der Waals surface area contributed by atoms with E-state index < -0.39 is 24.1 Å². The monoisotopic (exact) mass is 350 g/mol. The zero-order valence-corrected chi connectivity index (χ0v) is 15.4. The van der Waals surface area contributed by atoms with Crippen molar-refractivity contribution < 1.29 is 28.4 Å². The molecule has 1 saturated heterocycles. The zero-order chi connectivity index (χ0) is 18.3. The summed E-state index contributed by atoms with van der Waals surface area (Å²) in [5.74, 6) is 4.88. The van der Waals surface area contributed by atoms with Crippen LogP contribution in [0.4, 0.5) is 0 Å². The standard InChI is InChI=1S/C19H26O6/c1-20-13-15-16(21-2)17(22-3)18(23-4)19(24-5,25-15)12-11-14-9-7-6-8-10-14/h6-10,15-18H,13H2,1-5H3/t15-,16-,17+,18-,19+/m1/s1. The maximum atomic E-state index is 6.17. The molecule has 1 aromatic rings. The van der Waals surface area contributed by atoms with Crippen LogP contribution in [0.2, 0.25) is 0 Å². The van der Waals surface area contributed by atoms with Crippen molar-refractivity contribution in [2.24, 2.45) is 0 Å². The number of rotatable bonds is 6. The van der Waals surface area contributed by atoms with Gasteiger partial charge in [0.15, 0.2) is 6.10 Å². The summed E-state index contributed by atoms with van der Waals surface area (Å²) >= 11 is 0. The van der Waals surface area contributed by atoms with Gasteiger partial charge in [-0.3, -0.25) is 0 Å². The van der Waals surface area contributed by atoms with Crippen molar-refractivity contribution in [1.82, 2.24) is 0 Å². The second kappa shape index (κ2) is 9.30. The number of hydrogen-bond donors (Lipinski definition) is 0. The minimum atomic E-state index is -1.30. The van der Waals surface area contributed by atoms with E-state index in [0.29, 0.717) is 6.61 Å². The van der Waals surface area contributed by atoms with Crippen molar-refractivity contribution in [3.8, 4) is 11.8 Å². The molecule has 0 N–H and O–H groups in total. The summed E-state index contributed by atoms with van der Waals surface area (Å²) < 4.78 is 34.0. The van der Waals surface area contributed by atoms with Gasteiger partial charge in [-0.25, -0.2) is 0 Å². The largest absolute Gasteiger partial charge is 0.382 e. The highest BCUT2D eigenvalue weighted by molar-refractivity contribution is 5.36. The van der Waals surface area contributed by atoms with Crippen molar-refractivity contribution >= 4 is 0 Å². The fourth-order valence-corrected chi connectivity index (χ4v) is 3.08. The third-order valence-electron chi connectivity index (χ3n) is 4.28. The molecule has 6 nitrogen and oxygen atoms in total. The minimum Gasteiger partial charge on any atom is -0.382 e. The van der Waals surface area contributed by atoms with Gasteiger partial charge in [-0.15, -0.1) is 0 Å². The second-order valence-electron chi connectivity index (χ2n) is 5.66. The average molecular weight is 350 g/mol. The molecule has 5 atom stereocenters. The van der Waals surface area contributed by atoms with Gasteiger partial charge >= 0.3 is 0 Å². The molecule has 0 radical (unpaired) electrons. The van der Waals surface area contributed by atoms with Crippen LogP contribution < -0.4 is 0 Å². The Morgan fingerprint density at radius 2 is 1.64 bits per heavy atom. The number of methoxy groups -OCH3 is 5. The van der Waals surface area contributed by atoms with Crippen LogP contribution >= 0.6 is 0 Å². The Morgan fingerprint density at radius 3 is 2.16 bits per heavy atom. The van der Waals surface area contributed by atoms with Gasteiger partial charge in [0, 0.05) is 41.1 Å². The van der Waals surface area contributed by atoms with Gasteiger partial charge in [-0.1, -0.05) is 24.1 Å². The summed E-state index contributed by atoms with van der Waals surface area (Å²) in [5, 5.41) is 0. The van der Waals surface area contributed by atoms with Gasteiger partial charge in [0.2, 0.25) is 0 Å². The van der Waals surface area contributed by atoms with Crippen molar-refractivity contribution in [3.63, 3.8) is 0 Å². The number of ether oxygens (including phenoxy) is 6. The summed E-state index contributed by atoms with van der Waals surface area (Å²) in [5.41, 5.74) is 0.850. The van der Waals surface area contributed by atoms with E-state index >= 15 is 0 Å². The Labute approximate surface area is 149 Å². The average Bonchev–Trinajstić information content (AvgIpc) is 2.66. The van der Waals surface area contributed by atoms with E-state index in [4.69, 9.17) is 28.4 Å². The van der Waals surface area contributed by atoms with Crippen molar-refractivity contribution in [2.45, 2.75) is 30.2 Å². The Hall–Kier alpha value is -1.46. The van der Waals surface area contributed by atoms with E-state index in [0.717, 1.165) is 5.56 Å². The van der Waals surface area contributed by atoms with Crippen LogP contribution in [0.3, 0.4) is 0 Å². The molecule has 1 heterocycles. The van der Waals surface area contributed by atoms with Crippen LogP contribution in [-0.4, -0.2) is 72.4 Å². The Morgan fingerprint density at radius 1 is 0.960 bits per heavy atom.